The first kappa shape index (κ1) is 12.0. The van der Waals surface area contributed by atoms with Crippen LogP contribution in [0.5, 0.6) is 0 Å². The molecule has 1 aliphatic carbocycles. The normalized spacial score (nSPS) is 35.6. The highest BCUT2D eigenvalue weighted by atomic mass is 16.4. The lowest BCUT2D eigenvalue weighted by atomic mass is 9.77. The molecule has 3 N–H and O–H groups in total. The van der Waals surface area contributed by atoms with Crippen LogP contribution in [0.25, 0.3) is 0 Å². The first-order valence-electron chi connectivity index (χ1n) is 5.28. The van der Waals surface area contributed by atoms with Gasteiger partial charge in [-0.15, -0.1) is 0 Å². The largest absolute Gasteiger partial charge is 0.394 e. The van der Waals surface area contributed by atoms with Crippen molar-refractivity contribution in [2.45, 2.75) is 52.2 Å². The molecule has 0 aromatic rings. The Morgan fingerprint density at radius 2 is 1.71 bits per heavy atom. The van der Waals surface area contributed by atoms with Crippen LogP contribution in [0.15, 0.2) is 0 Å². The molecule has 0 spiro atoms. The highest BCUT2D eigenvalue weighted by Gasteiger charge is 2.46. The lowest BCUT2D eigenvalue weighted by Gasteiger charge is -2.34. The zero-order valence-electron chi connectivity index (χ0n) is 9.32. The van der Waals surface area contributed by atoms with Gasteiger partial charge in [-0.05, 0) is 30.1 Å². The number of rotatable bonds is 3. The van der Waals surface area contributed by atoms with Crippen molar-refractivity contribution in [2.24, 2.45) is 10.8 Å². The molecule has 0 heterocycles. The maximum Gasteiger partial charge on any atom is 0.103 e. The van der Waals surface area contributed by atoms with Crippen molar-refractivity contribution in [1.29, 1.82) is 0 Å². The summed E-state index contributed by atoms with van der Waals surface area (Å²) in [5, 5.41) is 28.1. The van der Waals surface area contributed by atoms with E-state index in [4.69, 9.17) is 5.11 Å². The average Bonchev–Trinajstić information content (AvgIpc) is 2.39. The zero-order valence-corrected chi connectivity index (χ0v) is 9.32. The van der Waals surface area contributed by atoms with Crippen molar-refractivity contribution in [3.05, 3.63) is 0 Å². The summed E-state index contributed by atoms with van der Waals surface area (Å²) in [4.78, 5) is 0. The van der Waals surface area contributed by atoms with E-state index in [2.05, 4.69) is 13.8 Å². The molecule has 1 aliphatic rings. The van der Waals surface area contributed by atoms with Gasteiger partial charge in [0.1, 0.15) is 6.10 Å². The molecule has 14 heavy (non-hydrogen) atoms. The van der Waals surface area contributed by atoms with Crippen LogP contribution in [0.4, 0.5) is 0 Å². The molecule has 3 nitrogen and oxygen atoms in total. The Morgan fingerprint density at radius 1 is 1.14 bits per heavy atom. The van der Waals surface area contributed by atoms with Crippen LogP contribution in [0, 0.1) is 10.8 Å². The van der Waals surface area contributed by atoms with Crippen LogP contribution in [0.2, 0.25) is 0 Å². The molecule has 0 aliphatic heterocycles. The van der Waals surface area contributed by atoms with Crippen LogP contribution in [-0.2, 0) is 0 Å². The van der Waals surface area contributed by atoms with E-state index in [0.29, 0.717) is 0 Å². The summed E-state index contributed by atoms with van der Waals surface area (Å²) < 4.78 is 0. The standard InChI is InChI=1S/C11H22O3/c1-10(2)4-5-11(3,7-10)9(14)8(13)6-12/h8-9,12-14H,4-7H2,1-3H3. The van der Waals surface area contributed by atoms with Gasteiger partial charge in [0.2, 0.25) is 0 Å². The van der Waals surface area contributed by atoms with Crippen LogP contribution >= 0.6 is 0 Å². The van der Waals surface area contributed by atoms with E-state index in [-0.39, 0.29) is 17.4 Å². The summed E-state index contributed by atoms with van der Waals surface area (Å²) >= 11 is 0. The number of aliphatic hydroxyl groups excluding tert-OH is 3. The van der Waals surface area contributed by atoms with Gasteiger partial charge in [0.05, 0.1) is 12.7 Å². The molecular formula is C11H22O3. The van der Waals surface area contributed by atoms with Gasteiger partial charge in [0, 0.05) is 0 Å². The monoisotopic (exact) mass is 202 g/mol. The van der Waals surface area contributed by atoms with Gasteiger partial charge >= 0.3 is 0 Å². The second kappa shape index (κ2) is 3.80. The fourth-order valence-corrected chi connectivity index (χ4v) is 2.71. The number of hydrogen-bond acceptors (Lipinski definition) is 3. The summed E-state index contributed by atoms with van der Waals surface area (Å²) in [5.41, 5.74) is -0.00342. The van der Waals surface area contributed by atoms with Crippen LogP contribution < -0.4 is 0 Å². The predicted molar refractivity (Wildman–Crippen MR) is 54.8 cm³/mol. The van der Waals surface area contributed by atoms with E-state index < -0.39 is 12.2 Å². The predicted octanol–water partition coefficient (Wildman–Crippen LogP) is 0.917. The Kier molecular flexibility index (Phi) is 3.24. The van der Waals surface area contributed by atoms with Crippen molar-refractivity contribution in [3.63, 3.8) is 0 Å². The Labute approximate surface area is 85.8 Å². The second-order valence-electron chi connectivity index (χ2n) is 5.69. The molecule has 0 saturated heterocycles. The van der Waals surface area contributed by atoms with Crippen molar-refractivity contribution >= 4 is 0 Å². The van der Waals surface area contributed by atoms with E-state index in [1.165, 1.54) is 0 Å². The second-order valence-corrected chi connectivity index (χ2v) is 5.69. The lowest BCUT2D eigenvalue weighted by Crippen LogP contribution is -2.42. The first-order valence-corrected chi connectivity index (χ1v) is 5.28. The molecule has 1 rings (SSSR count). The topological polar surface area (TPSA) is 60.7 Å². The third-order valence-corrected chi connectivity index (χ3v) is 3.52. The van der Waals surface area contributed by atoms with Gasteiger partial charge in [0.25, 0.3) is 0 Å². The molecule has 0 aromatic carbocycles. The minimum Gasteiger partial charge on any atom is -0.394 e. The number of aliphatic hydroxyl groups is 3. The van der Waals surface area contributed by atoms with E-state index in [0.717, 1.165) is 19.3 Å². The van der Waals surface area contributed by atoms with E-state index in [9.17, 15) is 10.2 Å². The molecule has 3 unspecified atom stereocenters. The van der Waals surface area contributed by atoms with Gasteiger partial charge in [-0.3, -0.25) is 0 Å². The van der Waals surface area contributed by atoms with Gasteiger partial charge in [-0.2, -0.15) is 0 Å². The van der Waals surface area contributed by atoms with Crippen LogP contribution in [0.1, 0.15) is 40.0 Å². The molecule has 1 fully saturated rings. The molecule has 0 amide bonds. The van der Waals surface area contributed by atoms with Gasteiger partial charge in [-0.1, -0.05) is 20.8 Å². The quantitative estimate of drug-likeness (QED) is 0.637. The van der Waals surface area contributed by atoms with Gasteiger partial charge in [-0.25, -0.2) is 0 Å². The highest BCUT2D eigenvalue weighted by Crippen LogP contribution is 2.51. The summed E-state index contributed by atoms with van der Waals surface area (Å²) in [6.45, 7) is 5.98. The SMILES string of the molecule is CC1(C)CCC(C)(C(O)C(O)CO)C1. The minimum absolute atomic E-state index is 0.241. The summed E-state index contributed by atoms with van der Waals surface area (Å²) in [7, 11) is 0. The summed E-state index contributed by atoms with van der Waals surface area (Å²) in [5.74, 6) is 0. The Morgan fingerprint density at radius 3 is 2.07 bits per heavy atom. The number of hydrogen-bond donors (Lipinski definition) is 3. The third kappa shape index (κ3) is 2.27. The molecule has 3 heteroatoms. The van der Waals surface area contributed by atoms with Crippen LogP contribution in [-0.4, -0.2) is 34.1 Å². The molecular weight excluding hydrogens is 180 g/mol. The molecule has 0 bridgehead atoms. The first-order chi connectivity index (χ1) is 6.31. The molecule has 0 radical (unpaired) electrons. The maximum absolute atomic E-state index is 9.90. The fraction of sp³-hybridized carbons (Fsp3) is 1.00. The molecule has 84 valence electrons. The summed E-state index contributed by atoms with van der Waals surface area (Å²) in [6, 6.07) is 0. The molecule has 0 aromatic heterocycles. The zero-order chi connectivity index (χ0) is 11.0. The van der Waals surface area contributed by atoms with Gasteiger partial charge in [0.15, 0.2) is 0 Å². The third-order valence-electron chi connectivity index (χ3n) is 3.52. The van der Waals surface area contributed by atoms with E-state index in [1.54, 1.807) is 0 Å². The van der Waals surface area contributed by atoms with Crippen molar-refractivity contribution in [3.8, 4) is 0 Å². The van der Waals surface area contributed by atoms with Crippen molar-refractivity contribution in [1.82, 2.24) is 0 Å². The van der Waals surface area contributed by atoms with Crippen LogP contribution in [0.3, 0.4) is 0 Å². The van der Waals surface area contributed by atoms with Crippen molar-refractivity contribution in [2.75, 3.05) is 6.61 Å². The fourth-order valence-electron chi connectivity index (χ4n) is 2.71. The van der Waals surface area contributed by atoms with E-state index in [1.807, 2.05) is 6.92 Å². The molecule has 3 atom stereocenters. The smallest absolute Gasteiger partial charge is 0.103 e. The Balaban J connectivity index is 2.68. The van der Waals surface area contributed by atoms with E-state index >= 15 is 0 Å². The minimum atomic E-state index is -1.01. The average molecular weight is 202 g/mol. The van der Waals surface area contributed by atoms with Crippen molar-refractivity contribution < 1.29 is 15.3 Å². The summed E-state index contributed by atoms with van der Waals surface area (Å²) in [6.07, 6.45) is 1.07. The van der Waals surface area contributed by atoms with Gasteiger partial charge < -0.3 is 15.3 Å². The maximum atomic E-state index is 9.90. The Bertz CT molecular complexity index is 203. The lowest BCUT2D eigenvalue weighted by molar-refractivity contribution is -0.0781. The Hall–Kier alpha value is -0.120. The highest BCUT2D eigenvalue weighted by molar-refractivity contribution is 4.96. The molecule has 1 saturated carbocycles.